The van der Waals surface area contributed by atoms with Gasteiger partial charge in [-0.3, -0.25) is 14.5 Å². The Balaban J connectivity index is 2.04. The van der Waals surface area contributed by atoms with Crippen molar-refractivity contribution in [1.29, 1.82) is 0 Å². The average Bonchev–Trinajstić information content (AvgIpc) is 2.48. The third-order valence-electron chi connectivity index (χ3n) is 2.96. The largest absolute Gasteiger partial charge is 0.481 e. The lowest BCUT2D eigenvalue weighted by molar-refractivity contribution is -0.137. The number of rotatable bonds is 7. The number of hydrogen-bond donors (Lipinski definition) is 2. The van der Waals surface area contributed by atoms with E-state index in [0.29, 0.717) is 24.2 Å². The number of anilines is 1. The van der Waals surface area contributed by atoms with E-state index < -0.39 is 16.0 Å². The van der Waals surface area contributed by atoms with Crippen molar-refractivity contribution in [2.75, 3.05) is 4.72 Å². The summed E-state index contributed by atoms with van der Waals surface area (Å²) < 4.78 is 26.8. The van der Waals surface area contributed by atoms with Crippen molar-refractivity contribution < 1.29 is 18.3 Å². The fourth-order valence-corrected chi connectivity index (χ4v) is 2.86. The van der Waals surface area contributed by atoms with Crippen LogP contribution in [0.5, 0.6) is 0 Å². The number of sulfonamides is 1. The molecule has 0 aliphatic rings. The van der Waals surface area contributed by atoms with E-state index in [0.717, 1.165) is 0 Å². The van der Waals surface area contributed by atoms with Crippen LogP contribution in [-0.2, 0) is 21.2 Å². The van der Waals surface area contributed by atoms with E-state index in [1.165, 1.54) is 12.3 Å². The van der Waals surface area contributed by atoms with Crippen molar-refractivity contribution in [1.82, 2.24) is 4.98 Å². The fourth-order valence-electron chi connectivity index (χ4n) is 1.86. The van der Waals surface area contributed by atoms with Gasteiger partial charge in [-0.15, -0.1) is 0 Å². The van der Waals surface area contributed by atoms with E-state index in [-0.39, 0.29) is 11.3 Å². The molecule has 1 heterocycles. The SMILES string of the molecule is O=C(O)CCCc1ccc(S(=O)(=O)Nc2ccccc2)cn1. The molecule has 6 nitrogen and oxygen atoms in total. The van der Waals surface area contributed by atoms with Crippen LogP contribution in [0.1, 0.15) is 18.5 Å². The molecule has 0 atom stereocenters. The molecule has 2 rings (SSSR count). The number of pyridine rings is 1. The molecule has 0 saturated carbocycles. The second-order valence-electron chi connectivity index (χ2n) is 4.70. The normalized spacial score (nSPS) is 11.1. The van der Waals surface area contributed by atoms with Gasteiger partial charge in [-0.25, -0.2) is 8.42 Å². The monoisotopic (exact) mass is 320 g/mol. The Labute approximate surface area is 128 Å². The first-order valence-electron chi connectivity index (χ1n) is 6.72. The predicted molar refractivity (Wildman–Crippen MR) is 82.1 cm³/mol. The minimum atomic E-state index is -3.67. The lowest BCUT2D eigenvalue weighted by Crippen LogP contribution is -2.13. The zero-order chi connectivity index (χ0) is 16.0. The van der Waals surface area contributed by atoms with E-state index in [1.807, 2.05) is 0 Å². The van der Waals surface area contributed by atoms with Gasteiger partial charge in [0.2, 0.25) is 0 Å². The number of hydrogen-bond acceptors (Lipinski definition) is 4. The van der Waals surface area contributed by atoms with E-state index in [2.05, 4.69) is 9.71 Å². The molecule has 0 saturated heterocycles. The molecule has 2 aromatic rings. The molecule has 0 aliphatic heterocycles. The van der Waals surface area contributed by atoms with Gasteiger partial charge in [-0.1, -0.05) is 18.2 Å². The summed E-state index contributed by atoms with van der Waals surface area (Å²) in [5.41, 5.74) is 1.15. The summed E-state index contributed by atoms with van der Waals surface area (Å²) in [4.78, 5) is 14.6. The highest BCUT2D eigenvalue weighted by molar-refractivity contribution is 7.92. The van der Waals surface area contributed by atoms with Crippen LogP contribution in [0.4, 0.5) is 5.69 Å². The van der Waals surface area contributed by atoms with Gasteiger partial charge in [0.1, 0.15) is 4.90 Å². The molecule has 0 amide bonds. The molecule has 1 aromatic heterocycles. The number of carboxylic acid groups (broad SMARTS) is 1. The van der Waals surface area contributed by atoms with Gasteiger partial charge in [0.25, 0.3) is 10.0 Å². The van der Waals surface area contributed by atoms with Crippen molar-refractivity contribution >= 4 is 21.7 Å². The Morgan fingerprint density at radius 2 is 1.86 bits per heavy atom. The average molecular weight is 320 g/mol. The molecule has 0 radical (unpaired) electrons. The van der Waals surface area contributed by atoms with Crippen LogP contribution >= 0.6 is 0 Å². The molecule has 0 fully saturated rings. The number of nitrogens with zero attached hydrogens (tertiary/aromatic N) is 1. The Bertz CT molecular complexity index is 728. The summed E-state index contributed by atoms with van der Waals surface area (Å²) in [5.74, 6) is -0.855. The Morgan fingerprint density at radius 3 is 2.45 bits per heavy atom. The highest BCUT2D eigenvalue weighted by Gasteiger charge is 2.14. The van der Waals surface area contributed by atoms with Crippen LogP contribution in [0, 0.1) is 0 Å². The van der Waals surface area contributed by atoms with E-state index in [9.17, 15) is 13.2 Å². The lowest BCUT2D eigenvalue weighted by atomic mass is 10.2. The smallest absolute Gasteiger partial charge is 0.303 e. The quantitative estimate of drug-likeness (QED) is 0.816. The highest BCUT2D eigenvalue weighted by atomic mass is 32.2. The van der Waals surface area contributed by atoms with Gasteiger partial charge in [-0.2, -0.15) is 0 Å². The van der Waals surface area contributed by atoms with Crippen molar-refractivity contribution in [2.24, 2.45) is 0 Å². The van der Waals surface area contributed by atoms with E-state index in [4.69, 9.17) is 5.11 Å². The van der Waals surface area contributed by atoms with Gasteiger partial charge < -0.3 is 5.11 Å². The van der Waals surface area contributed by atoms with Crippen molar-refractivity contribution in [3.05, 3.63) is 54.4 Å². The number of carbonyl (C=O) groups is 1. The van der Waals surface area contributed by atoms with E-state index in [1.54, 1.807) is 36.4 Å². The van der Waals surface area contributed by atoms with Crippen LogP contribution in [0.25, 0.3) is 0 Å². The third kappa shape index (κ3) is 4.56. The molecule has 0 spiro atoms. The zero-order valence-corrected chi connectivity index (χ0v) is 12.6. The zero-order valence-electron chi connectivity index (χ0n) is 11.8. The van der Waals surface area contributed by atoms with Crippen molar-refractivity contribution in [3.8, 4) is 0 Å². The van der Waals surface area contributed by atoms with Gasteiger partial charge in [0.15, 0.2) is 0 Å². The maximum atomic E-state index is 12.2. The first kappa shape index (κ1) is 16.0. The topological polar surface area (TPSA) is 96.4 Å². The molecule has 0 aliphatic carbocycles. The van der Waals surface area contributed by atoms with Gasteiger partial charge in [0.05, 0.1) is 0 Å². The van der Waals surface area contributed by atoms with Crippen LogP contribution in [-0.4, -0.2) is 24.5 Å². The number of para-hydroxylation sites is 1. The molecule has 7 heteroatoms. The third-order valence-corrected chi connectivity index (χ3v) is 4.32. The molecular formula is C15H16N2O4S. The van der Waals surface area contributed by atoms with Crippen molar-refractivity contribution in [3.63, 3.8) is 0 Å². The minimum Gasteiger partial charge on any atom is -0.481 e. The number of aromatic nitrogens is 1. The first-order valence-corrected chi connectivity index (χ1v) is 8.20. The molecule has 1 aromatic carbocycles. The Morgan fingerprint density at radius 1 is 1.14 bits per heavy atom. The maximum Gasteiger partial charge on any atom is 0.303 e. The lowest BCUT2D eigenvalue weighted by Gasteiger charge is -2.08. The first-order chi connectivity index (χ1) is 10.5. The summed E-state index contributed by atoms with van der Waals surface area (Å²) in [6, 6.07) is 11.7. The number of aryl methyl sites for hydroxylation is 1. The maximum absolute atomic E-state index is 12.2. The number of aliphatic carboxylic acids is 1. The van der Waals surface area contributed by atoms with Gasteiger partial charge in [0, 0.05) is 24.0 Å². The standard InChI is InChI=1S/C15H16N2O4S/c18-15(19)8-4-7-12-9-10-14(11-16-12)22(20,21)17-13-5-2-1-3-6-13/h1-3,5-6,9-11,17H,4,7-8H2,(H,18,19). The Kier molecular flexibility index (Phi) is 5.11. The summed E-state index contributed by atoms with van der Waals surface area (Å²) in [6.45, 7) is 0. The molecular weight excluding hydrogens is 304 g/mol. The van der Waals surface area contributed by atoms with Crippen LogP contribution < -0.4 is 4.72 Å². The summed E-state index contributed by atoms with van der Waals surface area (Å²) >= 11 is 0. The summed E-state index contributed by atoms with van der Waals surface area (Å²) in [5, 5.41) is 8.57. The second kappa shape index (κ2) is 7.04. The molecule has 0 bridgehead atoms. The van der Waals surface area contributed by atoms with E-state index >= 15 is 0 Å². The summed E-state index contributed by atoms with van der Waals surface area (Å²) in [6.07, 6.45) is 2.31. The fraction of sp³-hybridized carbons (Fsp3) is 0.200. The van der Waals surface area contributed by atoms with Gasteiger partial charge in [-0.05, 0) is 37.1 Å². The second-order valence-corrected chi connectivity index (χ2v) is 6.39. The van der Waals surface area contributed by atoms with Crippen LogP contribution in [0.15, 0.2) is 53.6 Å². The number of benzene rings is 1. The molecule has 2 N–H and O–H groups in total. The predicted octanol–water partition coefficient (Wildman–Crippen LogP) is 2.29. The minimum absolute atomic E-state index is 0.0668. The molecule has 116 valence electrons. The Hall–Kier alpha value is -2.41. The van der Waals surface area contributed by atoms with Gasteiger partial charge >= 0.3 is 5.97 Å². The molecule has 22 heavy (non-hydrogen) atoms. The van der Waals surface area contributed by atoms with Crippen molar-refractivity contribution in [2.45, 2.75) is 24.2 Å². The highest BCUT2D eigenvalue weighted by Crippen LogP contribution is 2.15. The molecule has 0 unspecified atom stereocenters. The van der Waals surface area contributed by atoms with Crippen LogP contribution in [0.3, 0.4) is 0 Å². The number of nitrogens with one attached hydrogen (secondary N) is 1. The number of carboxylic acids is 1. The summed E-state index contributed by atoms with van der Waals surface area (Å²) in [7, 11) is -3.67. The van der Waals surface area contributed by atoms with Crippen LogP contribution in [0.2, 0.25) is 0 Å².